The molecule has 0 bridgehead atoms. The molecule has 3 aromatic rings. The molecule has 0 aliphatic carbocycles. The fraction of sp³-hybridized carbons (Fsp3) is 0.391. The van der Waals surface area contributed by atoms with Crippen LogP contribution in [0.25, 0.3) is 0 Å². The molecule has 1 aromatic heterocycles. The maximum absolute atomic E-state index is 14.7. The predicted octanol–water partition coefficient (Wildman–Crippen LogP) is 3.09. The standard InChI is InChI=1S/C23H27F2N5O/c1-17(28-19-9-11-29(12-10-19)20-5-3-2-4-6-20)23(31,14-30-16-26-15-27-30)21-8-7-18(24)13-22(21)25/h2-8,13,15-17,19,28,31H,9-12,14H2,1H3/t17-,23-/m1/s1. The molecule has 2 heterocycles. The number of piperidine rings is 1. The van der Waals surface area contributed by atoms with Crippen LogP contribution >= 0.6 is 0 Å². The third kappa shape index (κ3) is 4.75. The van der Waals surface area contributed by atoms with Crippen LogP contribution in [-0.2, 0) is 12.1 Å². The molecular weight excluding hydrogens is 400 g/mol. The van der Waals surface area contributed by atoms with Crippen LogP contribution in [0.3, 0.4) is 0 Å². The van der Waals surface area contributed by atoms with Gasteiger partial charge in [0.25, 0.3) is 0 Å². The highest BCUT2D eigenvalue weighted by Gasteiger charge is 2.40. The molecule has 1 saturated heterocycles. The van der Waals surface area contributed by atoms with E-state index in [4.69, 9.17) is 0 Å². The van der Waals surface area contributed by atoms with Crippen molar-refractivity contribution in [1.82, 2.24) is 20.1 Å². The van der Waals surface area contributed by atoms with E-state index in [1.165, 1.54) is 29.1 Å². The zero-order valence-electron chi connectivity index (χ0n) is 17.5. The van der Waals surface area contributed by atoms with Crippen molar-refractivity contribution < 1.29 is 13.9 Å². The number of benzene rings is 2. The van der Waals surface area contributed by atoms with Crippen molar-refractivity contribution in [2.45, 2.75) is 44.0 Å². The van der Waals surface area contributed by atoms with E-state index in [1.54, 1.807) is 0 Å². The monoisotopic (exact) mass is 427 g/mol. The zero-order chi connectivity index (χ0) is 21.8. The number of anilines is 1. The molecule has 0 spiro atoms. The smallest absolute Gasteiger partial charge is 0.137 e. The molecule has 0 unspecified atom stereocenters. The highest BCUT2D eigenvalue weighted by molar-refractivity contribution is 5.46. The van der Waals surface area contributed by atoms with Crippen LogP contribution in [-0.4, -0.2) is 45.0 Å². The first-order chi connectivity index (χ1) is 15.0. The number of aliphatic hydroxyl groups is 1. The largest absolute Gasteiger partial charge is 0.381 e. The highest BCUT2D eigenvalue weighted by Crippen LogP contribution is 2.31. The molecule has 2 N–H and O–H groups in total. The normalized spacial score (nSPS) is 18.0. The van der Waals surface area contributed by atoms with E-state index < -0.39 is 23.3 Å². The summed E-state index contributed by atoms with van der Waals surface area (Å²) >= 11 is 0. The Bertz CT molecular complexity index is 977. The summed E-state index contributed by atoms with van der Waals surface area (Å²) in [6.07, 6.45) is 4.62. The summed E-state index contributed by atoms with van der Waals surface area (Å²) in [5, 5.41) is 19.2. The highest BCUT2D eigenvalue weighted by atomic mass is 19.1. The van der Waals surface area contributed by atoms with Gasteiger partial charge in [0.05, 0.1) is 6.54 Å². The van der Waals surface area contributed by atoms with Gasteiger partial charge in [0.1, 0.15) is 29.9 Å². The molecular formula is C23H27F2N5O. The van der Waals surface area contributed by atoms with Gasteiger partial charge in [-0.25, -0.2) is 18.4 Å². The van der Waals surface area contributed by atoms with Crippen molar-refractivity contribution in [1.29, 1.82) is 0 Å². The summed E-state index contributed by atoms with van der Waals surface area (Å²) in [5.74, 6) is -1.46. The van der Waals surface area contributed by atoms with Crippen LogP contribution < -0.4 is 10.2 Å². The Morgan fingerprint density at radius 2 is 1.90 bits per heavy atom. The molecule has 31 heavy (non-hydrogen) atoms. The number of para-hydroxylation sites is 1. The Kier molecular flexibility index (Phi) is 6.29. The van der Waals surface area contributed by atoms with Gasteiger partial charge in [-0.1, -0.05) is 24.3 Å². The second-order valence-corrected chi connectivity index (χ2v) is 8.13. The second kappa shape index (κ2) is 9.11. The minimum absolute atomic E-state index is 0.00736. The summed E-state index contributed by atoms with van der Waals surface area (Å²) in [7, 11) is 0. The van der Waals surface area contributed by atoms with E-state index in [9.17, 15) is 13.9 Å². The van der Waals surface area contributed by atoms with Crippen molar-refractivity contribution in [2.24, 2.45) is 0 Å². The van der Waals surface area contributed by atoms with Crippen molar-refractivity contribution in [3.8, 4) is 0 Å². The third-order valence-corrected chi connectivity index (χ3v) is 6.09. The van der Waals surface area contributed by atoms with Gasteiger partial charge in [0.2, 0.25) is 0 Å². The molecule has 0 saturated carbocycles. The van der Waals surface area contributed by atoms with Crippen LogP contribution in [0.1, 0.15) is 25.3 Å². The van der Waals surface area contributed by atoms with Crippen LogP contribution in [0.15, 0.2) is 61.2 Å². The van der Waals surface area contributed by atoms with E-state index in [2.05, 4.69) is 32.4 Å². The van der Waals surface area contributed by atoms with Crippen molar-refractivity contribution in [3.05, 3.63) is 78.4 Å². The lowest BCUT2D eigenvalue weighted by molar-refractivity contribution is -0.0242. The minimum atomic E-state index is -1.64. The first-order valence-electron chi connectivity index (χ1n) is 10.5. The Hall–Kier alpha value is -2.84. The predicted molar refractivity (Wildman–Crippen MR) is 115 cm³/mol. The Labute approximate surface area is 180 Å². The Morgan fingerprint density at radius 3 is 2.55 bits per heavy atom. The van der Waals surface area contributed by atoms with Crippen molar-refractivity contribution in [3.63, 3.8) is 0 Å². The summed E-state index contributed by atoms with van der Waals surface area (Å²) in [4.78, 5) is 6.25. The van der Waals surface area contributed by atoms with Gasteiger partial charge < -0.3 is 15.3 Å². The molecule has 4 rings (SSSR count). The van der Waals surface area contributed by atoms with Crippen LogP contribution in [0, 0.1) is 11.6 Å². The second-order valence-electron chi connectivity index (χ2n) is 8.13. The van der Waals surface area contributed by atoms with E-state index in [0.29, 0.717) is 0 Å². The molecule has 6 nitrogen and oxygen atoms in total. The molecule has 1 aliphatic heterocycles. The number of nitrogens with one attached hydrogen (secondary N) is 1. The van der Waals surface area contributed by atoms with E-state index in [0.717, 1.165) is 38.1 Å². The van der Waals surface area contributed by atoms with E-state index in [1.807, 2.05) is 25.1 Å². The van der Waals surface area contributed by atoms with Crippen LogP contribution in [0.5, 0.6) is 0 Å². The maximum Gasteiger partial charge on any atom is 0.137 e. The molecule has 0 radical (unpaired) electrons. The van der Waals surface area contributed by atoms with Gasteiger partial charge in [0.15, 0.2) is 0 Å². The van der Waals surface area contributed by atoms with Gasteiger partial charge in [-0.15, -0.1) is 0 Å². The SMILES string of the molecule is C[C@@H](NC1CCN(c2ccccc2)CC1)[C@](O)(Cn1cncn1)c1ccc(F)cc1F. The quantitative estimate of drug-likeness (QED) is 0.607. The summed E-state index contributed by atoms with van der Waals surface area (Å²) in [5.41, 5.74) is -0.404. The maximum atomic E-state index is 14.7. The van der Waals surface area contributed by atoms with Crippen LogP contribution in [0.4, 0.5) is 14.5 Å². The first kappa shape index (κ1) is 21.4. The lowest BCUT2D eigenvalue weighted by atomic mass is 9.85. The molecule has 8 heteroatoms. The lowest BCUT2D eigenvalue weighted by Crippen LogP contribution is -2.55. The van der Waals surface area contributed by atoms with Crippen molar-refractivity contribution in [2.75, 3.05) is 18.0 Å². The molecule has 1 fully saturated rings. The lowest BCUT2D eigenvalue weighted by Gasteiger charge is -2.40. The molecule has 2 aromatic carbocycles. The fourth-order valence-corrected chi connectivity index (χ4v) is 4.29. The van der Waals surface area contributed by atoms with Crippen molar-refractivity contribution >= 4 is 5.69 Å². The Balaban J connectivity index is 1.49. The van der Waals surface area contributed by atoms with E-state index >= 15 is 0 Å². The van der Waals surface area contributed by atoms with Gasteiger partial charge >= 0.3 is 0 Å². The Morgan fingerprint density at radius 1 is 1.16 bits per heavy atom. The molecule has 0 amide bonds. The van der Waals surface area contributed by atoms with Gasteiger partial charge in [-0.3, -0.25) is 0 Å². The number of halogens is 2. The minimum Gasteiger partial charge on any atom is -0.381 e. The first-order valence-corrected chi connectivity index (χ1v) is 10.5. The number of rotatable bonds is 7. The number of hydrogen-bond acceptors (Lipinski definition) is 5. The third-order valence-electron chi connectivity index (χ3n) is 6.09. The fourth-order valence-electron chi connectivity index (χ4n) is 4.29. The molecule has 1 aliphatic rings. The van der Waals surface area contributed by atoms with Gasteiger partial charge in [-0.2, -0.15) is 5.10 Å². The van der Waals surface area contributed by atoms with E-state index in [-0.39, 0.29) is 18.2 Å². The average molecular weight is 427 g/mol. The average Bonchev–Trinajstić information content (AvgIpc) is 3.27. The zero-order valence-corrected chi connectivity index (χ0v) is 17.5. The number of aromatic nitrogens is 3. The number of hydrogen-bond donors (Lipinski definition) is 2. The van der Waals surface area contributed by atoms with Gasteiger partial charge in [-0.05, 0) is 38.0 Å². The molecule has 164 valence electrons. The summed E-state index contributed by atoms with van der Waals surface area (Å²) < 4.78 is 29.6. The number of nitrogens with zero attached hydrogens (tertiary/aromatic N) is 4. The summed E-state index contributed by atoms with van der Waals surface area (Å²) in [6.45, 7) is 3.59. The van der Waals surface area contributed by atoms with Crippen LogP contribution in [0.2, 0.25) is 0 Å². The molecule has 2 atom stereocenters. The topological polar surface area (TPSA) is 66.2 Å². The van der Waals surface area contributed by atoms with Gasteiger partial charge in [0, 0.05) is 42.5 Å². The summed E-state index contributed by atoms with van der Waals surface area (Å²) in [6, 6.07) is 13.2.